The van der Waals surface area contributed by atoms with Crippen molar-refractivity contribution in [3.63, 3.8) is 0 Å². The van der Waals surface area contributed by atoms with Crippen LogP contribution < -0.4 is 15.8 Å². The van der Waals surface area contributed by atoms with Gasteiger partial charge in [-0.1, -0.05) is 42.5 Å². The van der Waals surface area contributed by atoms with E-state index in [1.807, 2.05) is 62.5 Å². The van der Waals surface area contributed by atoms with Crippen LogP contribution in [0.3, 0.4) is 0 Å². The lowest BCUT2D eigenvalue weighted by molar-refractivity contribution is -0.886. The molecule has 3 rings (SSSR count). The van der Waals surface area contributed by atoms with Gasteiger partial charge in [0.15, 0.2) is 12.4 Å². The topological polar surface area (TPSA) is 79.3 Å². The standard InChI is InChI=1S/C20H22N4O2/c1-14(15-8-4-3-5-9-15)21-19(25)13-24(2)12-18-22-17-11-7-6-10-16(17)20(26)23-18/h3-11,14H,12-13H2,1-2H3,(H,21,25)(H,22,23,26)/p+1/t14-/m1/s1. The normalized spacial score (nSPS) is 13.3. The van der Waals surface area contributed by atoms with Crippen LogP contribution in [0, 0.1) is 0 Å². The molecule has 0 aliphatic carbocycles. The molecule has 2 atom stereocenters. The van der Waals surface area contributed by atoms with Crippen molar-refractivity contribution in [1.82, 2.24) is 15.3 Å². The molecule has 0 fully saturated rings. The van der Waals surface area contributed by atoms with E-state index in [1.54, 1.807) is 6.07 Å². The van der Waals surface area contributed by atoms with E-state index in [9.17, 15) is 9.59 Å². The lowest BCUT2D eigenvalue weighted by Crippen LogP contribution is -3.09. The number of aromatic nitrogens is 2. The third kappa shape index (κ3) is 4.34. The lowest BCUT2D eigenvalue weighted by Gasteiger charge is -2.17. The number of quaternary nitrogens is 1. The number of nitrogens with one attached hydrogen (secondary N) is 3. The zero-order chi connectivity index (χ0) is 18.5. The Kier molecular flexibility index (Phi) is 5.43. The number of carbonyl (C=O) groups is 1. The number of H-pyrrole nitrogens is 1. The molecule has 1 heterocycles. The number of aromatic amines is 1. The van der Waals surface area contributed by atoms with Crippen LogP contribution in [0.15, 0.2) is 59.4 Å². The SMILES string of the molecule is C[C@@H](NC(=O)C[NH+](C)Cc1nc2ccccc2c(=O)[nH]1)c1ccccc1. The van der Waals surface area contributed by atoms with E-state index < -0.39 is 0 Å². The summed E-state index contributed by atoms with van der Waals surface area (Å²) in [5, 5.41) is 3.57. The van der Waals surface area contributed by atoms with Crippen LogP contribution in [0.4, 0.5) is 0 Å². The fourth-order valence-electron chi connectivity index (χ4n) is 2.96. The van der Waals surface area contributed by atoms with Gasteiger partial charge in [0.1, 0.15) is 6.54 Å². The highest BCUT2D eigenvalue weighted by Gasteiger charge is 2.15. The van der Waals surface area contributed by atoms with E-state index in [2.05, 4.69) is 15.3 Å². The molecule has 6 nitrogen and oxygen atoms in total. The van der Waals surface area contributed by atoms with Crippen LogP contribution in [-0.4, -0.2) is 29.5 Å². The predicted octanol–water partition coefficient (Wildman–Crippen LogP) is 0.815. The van der Waals surface area contributed by atoms with E-state index in [-0.39, 0.29) is 17.5 Å². The van der Waals surface area contributed by atoms with E-state index >= 15 is 0 Å². The Labute approximate surface area is 151 Å². The Morgan fingerprint density at radius 2 is 1.85 bits per heavy atom. The molecule has 0 spiro atoms. The second-order valence-electron chi connectivity index (χ2n) is 6.54. The molecule has 6 heteroatoms. The molecule has 1 aromatic heterocycles. The van der Waals surface area contributed by atoms with Gasteiger partial charge in [-0.15, -0.1) is 0 Å². The highest BCUT2D eigenvalue weighted by atomic mass is 16.2. The van der Waals surface area contributed by atoms with Gasteiger partial charge < -0.3 is 15.2 Å². The number of para-hydroxylation sites is 1. The van der Waals surface area contributed by atoms with Crippen molar-refractivity contribution in [2.24, 2.45) is 0 Å². The van der Waals surface area contributed by atoms with Crippen molar-refractivity contribution >= 4 is 16.8 Å². The van der Waals surface area contributed by atoms with Crippen LogP contribution in [0.25, 0.3) is 10.9 Å². The summed E-state index contributed by atoms with van der Waals surface area (Å²) in [4.78, 5) is 32.6. The first-order valence-corrected chi connectivity index (χ1v) is 8.66. The summed E-state index contributed by atoms with van der Waals surface area (Å²) < 4.78 is 0. The third-order valence-electron chi connectivity index (χ3n) is 4.27. The summed E-state index contributed by atoms with van der Waals surface area (Å²) in [5.41, 5.74) is 1.58. The summed E-state index contributed by atoms with van der Waals surface area (Å²) in [6.07, 6.45) is 0. The van der Waals surface area contributed by atoms with E-state index in [4.69, 9.17) is 0 Å². The zero-order valence-electron chi connectivity index (χ0n) is 15.0. The van der Waals surface area contributed by atoms with E-state index in [0.29, 0.717) is 29.8 Å². The molecule has 1 amide bonds. The third-order valence-corrected chi connectivity index (χ3v) is 4.27. The Morgan fingerprint density at radius 3 is 2.62 bits per heavy atom. The minimum Gasteiger partial charge on any atom is -0.345 e. The zero-order valence-corrected chi connectivity index (χ0v) is 15.0. The van der Waals surface area contributed by atoms with E-state index in [0.717, 1.165) is 10.5 Å². The molecule has 2 aromatic carbocycles. The molecule has 0 radical (unpaired) electrons. The number of hydrogen-bond acceptors (Lipinski definition) is 3. The fraction of sp³-hybridized carbons (Fsp3) is 0.250. The molecule has 26 heavy (non-hydrogen) atoms. The van der Waals surface area contributed by atoms with Gasteiger partial charge in [-0.25, -0.2) is 4.98 Å². The largest absolute Gasteiger partial charge is 0.345 e. The Morgan fingerprint density at radius 1 is 1.15 bits per heavy atom. The molecule has 0 saturated heterocycles. The second-order valence-corrected chi connectivity index (χ2v) is 6.54. The molecular formula is C20H23N4O2+. The highest BCUT2D eigenvalue weighted by molar-refractivity contribution is 5.77. The first-order valence-electron chi connectivity index (χ1n) is 8.66. The molecule has 0 aliphatic rings. The smallest absolute Gasteiger partial charge is 0.275 e. The molecule has 0 saturated carbocycles. The highest BCUT2D eigenvalue weighted by Crippen LogP contribution is 2.10. The van der Waals surface area contributed by atoms with Crippen LogP contribution in [0.1, 0.15) is 24.4 Å². The van der Waals surface area contributed by atoms with Crippen molar-refractivity contribution in [2.75, 3.05) is 13.6 Å². The number of carbonyl (C=O) groups excluding carboxylic acids is 1. The minimum absolute atomic E-state index is 0.0398. The van der Waals surface area contributed by atoms with Gasteiger partial charge in [-0.2, -0.15) is 0 Å². The van der Waals surface area contributed by atoms with Gasteiger partial charge in [0, 0.05) is 0 Å². The number of hydrogen-bond donors (Lipinski definition) is 3. The first kappa shape index (κ1) is 17.8. The van der Waals surface area contributed by atoms with Gasteiger partial charge in [-0.05, 0) is 24.6 Å². The molecule has 134 valence electrons. The molecule has 0 aliphatic heterocycles. The van der Waals surface area contributed by atoms with Crippen LogP contribution in [-0.2, 0) is 11.3 Å². The summed E-state index contributed by atoms with van der Waals surface area (Å²) in [5.74, 6) is 0.539. The van der Waals surface area contributed by atoms with Crippen LogP contribution in [0.2, 0.25) is 0 Å². The Bertz CT molecular complexity index is 953. The van der Waals surface area contributed by atoms with Gasteiger partial charge in [-0.3, -0.25) is 9.59 Å². The fourth-order valence-corrected chi connectivity index (χ4v) is 2.96. The first-order chi connectivity index (χ1) is 12.5. The average Bonchev–Trinajstić information content (AvgIpc) is 2.62. The van der Waals surface area contributed by atoms with E-state index in [1.165, 1.54) is 0 Å². The quantitative estimate of drug-likeness (QED) is 0.615. The van der Waals surface area contributed by atoms with Crippen LogP contribution >= 0.6 is 0 Å². The van der Waals surface area contributed by atoms with Gasteiger partial charge in [0.2, 0.25) is 0 Å². The minimum atomic E-state index is -0.152. The Balaban J connectivity index is 1.61. The number of amides is 1. The Hall–Kier alpha value is -2.99. The maximum atomic E-state index is 12.3. The van der Waals surface area contributed by atoms with Crippen molar-refractivity contribution in [2.45, 2.75) is 19.5 Å². The summed E-state index contributed by atoms with van der Waals surface area (Å²) in [6.45, 7) is 2.73. The van der Waals surface area contributed by atoms with Gasteiger partial charge in [0.05, 0.1) is 24.0 Å². The number of nitrogens with zero attached hydrogens (tertiary/aromatic N) is 1. The lowest BCUT2D eigenvalue weighted by atomic mass is 10.1. The van der Waals surface area contributed by atoms with Crippen molar-refractivity contribution in [1.29, 1.82) is 0 Å². The summed E-state index contributed by atoms with van der Waals surface area (Å²) >= 11 is 0. The number of benzene rings is 2. The predicted molar refractivity (Wildman–Crippen MR) is 101 cm³/mol. The molecule has 3 N–H and O–H groups in total. The number of rotatable bonds is 6. The number of likely N-dealkylation sites (N-methyl/N-ethyl adjacent to an activating group) is 1. The average molecular weight is 351 g/mol. The number of fused-ring (bicyclic) bond motifs is 1. The van der Waals surface area contributed by atoms with Crippen molar-refractivity contribution in [3.8, 4) is 0 Å². The second kappa shape index (κ2) is 7.93. The molecule has 1 unspecified atom stereocenters. The van der Waals surface area contributed by atoms with Crippen molar-refractivity contribution in [3.05, 3.63) is 76.3 Å². The summed E-state index contributed by atoms with van der Waals surface area (Å²) in [7, 11) is 1.90. The monoisotopic (exact) mass is 351 g/mol. The van der Waals surface area contributed by atoms with Crippen molar-refractivity contribution < 1.29 is 9.69 Å². The molecule has 3 aromatic rings. The van der Waals surface area contributed by atoms with Gasteiger partial charge >= 0.3 is 0 Å². The van der Waals surface area contributed by atoms with Crippen LogP contribution in [0.5, 0.6) is 0 Å². The maximum absolute atomic E-state index is 12.3. The molecular weight excluding hydrogens is 328 g/mol. The maximum Gasteiger partial charge on any atom is 0.275 e. The summed E-state index contributed by atoms with van der Waals surface area (Å²) in [6, 6.07) is 17.0. The van der Waals surface area contributed by atoms with Gasteiger partial charge in [0.25, 0.3) is 11.5 Å². The molecule has 0 bridgehead atoms.